The van der Waals surface area contributed by atoms with Gasteiger partial charge in [-0.1, -0.05) is 30.3 Å². The molecule has 21 heavy (non-hydrogen) atoms. The van der Waals surface area contributed by atoms with Crippen LogP contribution in [0.1, 0.15) is 18.9 Å². The van der Waals surface area contributed by atoms with Crippen molar-refractivity contribution in [2.75, 3.05) is 12.3 Å². The van der Waals surface area contributed by atoms with Crippen molar-refractivity contribution < 1.29 is 9.53 Å². The summed E-state index contributed by atoms with van der Waals surface area (Å²) in [5.41, 5.74) is 7.00. The second-order valence-electron chi connectivity index (χ2n) is 4.45. The lowest BCUT2D eigenvalue weighted by Crippen LogP contribution is -2.19. The van der Waals surface area contributed by atoms with Gasteiger partial charge in [-0.3, -0.25) is 14.6 Å². The Balaban J connectivity index is 2.36. The van der Waals surface area contributed by atoms with Gasteiger partial charge in [0.15, 0.2) is 0 Å². The predicted molar refractivity (Wildman–Crippen MR) is 79.7 cm³/mol. The van der Waals surface area contributed by atoms with E-state index in [1.165, 1.54) is 0 Å². The summed E-state index contributed by atoms with van der Waals surface area (Å²) in [5, 5.41) is 0. The number of hydrogen-bond acceptors (Lipinski definition) is 5. The fourth-order valence-corrected chi connectivity index (χ4v) is 2.04. The van der Waals surface area contributed by atoms with Gasteiger partial charge in [-0.15, -0.1) is 0 Å². The zero-order valence-electron chi connectivity index (χ0n) is 11.8. The van der Waals surface area contributed by atoms with Crippen molar-refractivity contribution >= 4 is 11.9 Å². The minimum absolute atomic E-state index is 0.0544. The van der Waals surface area contributed by atoms with E-state index in [0.717, 1.165) is 5.56 Å². The predicted octanol–water partition coefficient (Wildman–Crippen LogP) is 1.51. The Morgan fingerprint density at radius 2 is 2.05 bits per heavy atom. The van der Waals surface area contributed by atoms with Crippen molar-refractivity contribution in [3.05, 3.63) is 46.2 Å². The van der Waals surface area contributed by atoms with E-state index in [1.807, 2.05) is 30.3 Å². The number of nitrogens with two attached hydrogens (primary N) is 1. The van der Waals surface area contributed by atoms with Crippen LogP contribution in [-0.4, -0.2) is 22.5 Å². The van der Waals surface area contributed by atoms with Gasteiger partial charge in [-0.2, -0.15) is 0 Å². The highest BCUT2D eigenvalue weighted by Crippen LogP contribution is 2.20. The van der Waals surface area contributed by atoms with Crippen LogP contribution in [0.15, 0.2) is 35.1 Å². The lowest BCUT2D eigenvalue weighted by molar-refractivity contribution is -0.143. The molecular weight excluding hydrogens is 270 g/mol. The lowest BCUT2D eigenvalue weighted by atomic mass is 10.0. The monoisotopic (exact) mass is 287 g/mol. The number of anilines is 1. The van der Waals surface area contributed by atoms with Gasteiger partial charge < -0.3 is 10.5 Å². The van der Waals surface area contributed by atoms with Crippen molar-refractivity contribution in [1.82, 2.24) is 9.97 Å². The van der Waals surface area contributed by atoms with Gasteiger partial charge >= 0.3 is 5.97 Å². The van der Waals surface area contributed by atoms with Crippen LogP contribution in [0.2, 0.25) is 0 Å². The lowest BCUT2D eigenvalue weighted by Gasteiger charge is -2.08. The van der Waals surface area contributed by atoms with Gasteiger partial charge in [0.2, 0.25) is 5.95 Å². The highest BCUT2D eigenvalue weighted by atomic mass is 16.5. The van der Waals surface area contributed by atoms with E-state index in [2.05, 4.69) is 9.97 Å². The molecule has 0 saturated heterocycles. The zero-order chi connectivity index (χ0) is 15.2. The fraction of sp³-hybridized carbons (Fsp3) is 0.267. The van der Waals surface area contributed by atoms with Crippen LogP contribution in [0, 0.1) is 0 Å². The number of carbonyl (C=O) groups is 1. The molecule has 6 heteroatoms. The molecule has 110 valence electrons. The molecule has 0 aliphatic carbocycles. The number of nitrogens with zero attached hydrogens (tertiary/aromatic N) is 1. The minimum atomic E-state index is -0.340. The fourth-order valence-electron chi connectivity index (χ4n) is 2.04. The van der Waals surface area contributed by atoms with Crippen LogP contribution < -0.4 is 11.3 Å². The maximum atomic E-state index is 12.1. The largest absolute Gasteiger partial charge is 0.466 e. The molecule has 0 spiro atoms. The van der Waals surface area contributed by atoms with E-state index >= 15 is 0 Å². The molecule has 1 aromatic heterocycles. The average Bonchev–Trinajstić information content (AvgIpc) is 2.47. The van der Waals surface area contributed by atoms with Crippen LogP contribution >= 0.6 is 0 Å². The first-order chi connectivity index (χ1) is 10.1. The Bertz CT molecular complexity index is 680. The minimum Gasteiger partial charge on any atom is -0.466 e. The molecule has 0 unspecified atom stereocenters. The summed E-state index contributed by atoms with van der Waals surface area (Å²) in [6.45, 7) is 2.06. The number of carbonyl (C=O) groups excluding carboxylic acids is 1. The Morgan fingerprint density at radius 1 is 1.33 bits per heavy atom. The summed E-state index contributed by atoms with van der Waals surface area (Å²) in [6.07, 6.45) is 0.383. The summed E-state index contributed by atoms with van der Waals surface area (Å²) in [7, 11) is 0. The summed E-state index contributed by atoms with van der Waals surface area (Å²) in [5.74, 6) is -0.286. The van der Waals surface area contributed by atoms with E-state index < -0.39 is 0 Å². The Morgan fingerprint density at radius 3 is 2.71 bits per heavy atom. The van der Waals surface area contributed by atoms with Crippen molar-refractivity contribution in [2.45, 2.75) is 19.8 Å². The van der Waals surface area contributed by atoms with E-state index in [0.29, 0.717) is 17.9 Å². The number of aromatic amines is 1. The third-order valence-corrected chi connectivity index (χ3v) is 2.97. The number of nitrogen functional groups attached to an aromatic ring is 1. The number of benzene rings is 1. The second-order valence-corrected chi connectivity index (χ2v) is 4.45. The SMILES string of the molecule is CCOC(=O)CCc1c(-c2ccccc2)nc(N)[nH]c1=O. The number of H-pyrrole nitrogens is 1. The normalized spacial score (nSPS) is 10.3. The molecule has 0 radical (unpaired) electrons. The van der Waals surface area contributed by atoms with Crippen LogP contribution in [0.3, 0.4) is 0 Å². The molecular formula is C15H17N3O3. The molecule has 1 heterocycles. The Kier molecular flexibility index (Phi) is 4.71. The van der Waals surface area contributed by atoms with Gasteiger partial charge in [0.1, 0.15) is 0 Å². The summed E-state index contributed by atoms with van der Waals surface area (Å²) in [6, 6.07) is 9.26. The third-order valence-electron chi connectivity index (χ3n) is 2.97. The number of esters is 1. The molecule has 0 amide bonds. The molecule has 2 aromatic rings. The van der Waals surface area contributed by atoms with Crippen LogP contribution in [0.5, 0.6) is 0 Å². The number of ether oxygens (including phenoxy) is 1. The van der Waals surface area contributed by atoms with Crippen LogP contribution in [0.4, 0.5) is 5.95 Å². The van der Waals surface area contributed by atoms with E-state index in [4.69, 9.17) is 10.5 Å². The summed E-state index contributed by atoms with van der Waals surface area (Å²) in [4.78, 5) is 30.2. The Labute approximate surface area is 122 Å². The van der Waals surface area contributed by atoms with E-state index in [1.54, 1.807) is 6.92 Å². The Hall–Kier alpha value is -2.63. The molecule has 1 aromatic carbocycles. The highest BCUT2D eigenvalue weighted by Gasteiger charge is 2.14. The first-order valence-electron chi connectivity index (χ1n) is 6.71. The van der Waals surface area contributed by atoms with Gasteiger partial charge in [-0.05, 0) is 13.3 Å². The standard InChI is InChI=1S/C15H17N3O3/c1-2-21-12(19)9-8-11-13(10-6-4-3-5-7-10)17-15(16)18-14(11)20/h3-7H,2,8-9H2,1H3,(H3,16,17,18,20). The average molecular weight is 287 g/mol. The molecule has 2 rings (SSSR count). The molecule has 0 aliphatic rings. The maximum Gasteiger partial charge on any atom is 0.306 e. The highest BCUT2D eigenvalue weighted by molar-refractivity contribution is 5.71. The van der Waals surface area contributed by atoms with Gasteiger partial charge in [0.25, 0.3) is 5.56 Å². The third kappa shape index (κ3) is 3.68. The van der Waals surface area contributed by atoms with Crippen molar-refractivity contribution in [1.29, 1.82) is 0 Å². The van der Waals surface area contributed by atoms with Crippen molar-refractivity contribution in [3.8, 4) is 11.3 Å². The summed E-state index contributed by atoms with van der Waals surface area (Å²) < 4.78 is 4.88. The molecule has 0 bridgehead atoms. The molecule has 0 atom stereocenters. The molecule has 3 N–H and O–H groups in total. The first kappa shape index (κ1) is 14.8. The molecule has 0 fully saturated rings. The van der Waals surface area contributed by atoms with Crippen LogP contribution in [-0.2, 0) is 16.0 Å². The van der Waals surface area contributed by atoms with E-state index in [9.17, 15) is 9.59 Å². The molecule has 6 nitrogen and oxygen atoms in total. The molecule has 0 aliphatic heterocycles. The number of rotatable bonds is 5. The zero-order valence-corrected chi connectivity index (χ0v) is 11.8. The number of aromatic nitrogens is 2. The quantitative estimate of drug-likeness (QED) is 0.812. The second kappa shape index (κ2) is 6.69. The number of hydrogen-bond donors (Lipinski definition) is 2. The maximum absolute atomic E-state index is 12.1. The van der Waals surface area contributed by atoms with Gasteiger partial charge in [-0.25, -0.2) is 4.98 Å². The van der Waals surface area contributed by atoms with E-state index in [-0.39, 0.29) is 30.3 Å². The van der Waals surface area contributed by atoms with Crippen LogP contribution in [0.25, 0.3) is 11.3 Å². The first-order valence-corrected chi connectivity index (χ1v) is 6.71. The van der Waals surface area contributed by atoms with Gasteiger partial charge in [0.05, 0.1) is 12.3 Å². The summed E-state index contributed by atoms with van der Waals surface area (Å²) >= 11 is 0. The topological polar surface area (TPSA) is 98.1 Å². The van der Waals surface area contributed by atoms with Crippen molar-refractivity contribution in [3.63, 3.8) is 0 Å². The number of nitrogens with one attached hydrogen (secondary N) is 1. The van der Waals surface area contributed by atoms with Gasteiger partial charge in [0, 0.05) is 17.5 Å². The molecule has 0 saturated carbocycles. The smallest absolute Gasteiger partial charge is 0.306 e. The van der Waals surface area contributed by atoms with Crippen molar-refractivity contribution in [2.24, 2.45) is 0 Å².